The number of carbonyl (C=O) groups is 1. The first-order valence-corrected chi connectivity index (χ1v) is 6.09. The van der Waals surface area contributed by atoms with E-state index in [0.717, 1.165) is 32.5 Å². The number of nitrogens with zero attached hydrogens (tertiary/aromatic N) is 1. The minimum atomic E-state index is -0.348. The Morgan fingerprint density at radius 1 is 1.44 bits per heavy atom. The van der Waals surface area contributed by atoms with Crippen LogP contribution in [0.25, 0.3) is 0 Å². The highest BCUT2D eigenvalue weighted by Crippen LogP contribution is 2.18. The number of likely N-dealkylation sites (tertiary alicyclic amines) is 1. The van der Waals surface area contributed by atoms with E-state index in [1.165, 1.54) is 0 Å². The second kappa shape index (κ2) is 6.21. The molecule has 1 saturated heterocycles. The van der Waals surface area contributed by atoms with Crippen molar-refractivity contribution in [1.29, 1.82) is 0 Å². The molecule has 0 spiro atoms. The molecule has 0 bridgehead atoms. The summed E-state index contributed by atoms with van der Waals surface area (Å²) in [5.41, 5.74) is 5.87. The zero-order chi connectivity index (χ0) is 12.1. The van der Waals surface area contributed by atoms with Crippen LogP contribution in [0.2, 0.25) is 0 Å². The number of hydrogen-bond acceptors (Lipinski definition) is 3. The zero-order valence-corrected chi connectivity index (χ0v) is 10.6. The van der Waals surface area contributed by atoms with Crippen molar-refractivity contribution < 1.29 is 9.53 Å². The zero-order valence-electron chi connectivity index (χ0n) is 10.6. The first-order chi connectivity index (χ1) is 7.56. The molecule has 1 atom stereocenters. The van der Waals surface area contributed by atoms with Gasteiger partial charge in [-0.2, -0.15) is 0 Å². The molecular formula is C12H24N2O2. The molecule has 1 aliphatic rings. The van der Waals surface area contributed by atoms with E-state index in [1.807, 2.05) is 18.7 Å². The van der Waals surface area contributed by atoms with Gasteiger partial charge in [0, 0.05) is 26.8 Å². The molecule has 1 unspecified atom stereocenters. The number of carbonyl (C=O) groups excluding carboxylic acids is 1. The summed E-state index contributed by atoms with van der Waals surface area (Å²) in [6.45, 7) is 6.43. The van der Waals surface area contributed by atoms with Crippen LogP contribution in [0.4, 0.5) is 0 Å². The highest BCUT2D eigenvalue weighted by Gasteiger charge is 2.27. The lowest BCUT2D eigenvalue weighted by molar-refractivity contribution is -0.135. The molecule has 16 heavy (non-hydrogen) atoms. The highest BCUT2D eigenvalue weighted by molar-refractivity contribution is 5.81. The second-order valence-corrected chi connectivity index (χ2v) is 4.99. The van der Waals surface area contributed by atoms with Crippen LogP contribution in [-0.4, -0.2) is 43.7 Å². The Kier molecular flexibility index (Phi) is 5.22. The predicted octanol–water partition coefficient (Wildman–Crippen LogP) is 0.855. The van der Waals surface area contributed by atoms with Crippen molar-refractivity contribution in [3.8, 4) is 0 Å². The molecule has 1 rings (SSSR count). The van der Waals surface area contributed by atoms with Crippen molar-refractivity contribution in [2.24, 2.45) is 17.6 Å². The lowest BCUT2D eigenvalue weighted by Gasteiger charge is -2.34. The Balaban J connectivity index is 2.38. The van der Waals surface area contributed by atoms with Crippen LogP contribution < -0.4 is 5.73 Å². The van der Waals surface area contributed by atoms with Crippen molar-refractivity contribution in [3.05, 3.63) is 0 Å². The molecule has 94 valence electrons. The first kappa shape index (κ1) is 13.5. The standard InChI is InChI=1S/C12H24N2O2/c1-9(2)11(13)12(15)14-6-4-10(5-7-14)8-16-3/h9-11H,4-8,13H2,1-3H3. The molecular weight excluding hydrogens is 204 g/mol. The molecule has 1 fully saturated rings. The summed E-state index contributed by atoms with van der Waals surface area (Å²) in [5.74, 6) is 0.916. The van der Waals surface area contributed by atoms with E-state index in [0.29, 0.717) is 5.92 Å². The predicted molar refractivity (Wildman–Crippen MR) is 64.0 cm³/mol. The van der Waals surface area contributed by atoms with Gasteiger partial charge in [0.2, 0.25) is 5.91 Å². The Labute approximate surface area is 98.1 Å². The van der Waals surface area contributed by atoms with Crippen LogP contribution in [0.15, 0.2) is 0 Å². The number of methoxy groups -OCH3 is 1. The van der Waals surface area contributed by atoms with Crippen molar-refractivity contribution in [1.82, 2.24) is 4.90 Å². The number of ether oxygens (including phenoxy) is 1. The van der Waals surface area contributed by atoms with Crippen molar-refractivity contribution >= 4 is 5.91 Å². The summed E-state index contributed by atoms with van der Waals surface area (Å²) in [7, 11) is 1.73. The average molecular weight is 228 g/mol. The van der Waals surface area contributed by atoms with Gasteiger partial charge < -0.3 is 15.4 Å². The minimum Gasteiger partial charge on any atom is -0.384 e. The second-order valence-electron chi connectivity index (χ2n) is 4.99. The SMILES string of the molecule is COCC1CCN(C(=O)C(N)C(C)C)CC1. The molecule has 1 aliphatic heterocycles. The lowest BCUT2D eigenvalue weighted by atomic mass is 9.96. The van der Waals surface area contributed by atoms with Crippen molar-refractivity contribution in [2.75, 3.05) is 26.8 Å². The van der Waals surface area contributed by atoms with Gasteiger partial charge in [-0.25, -0.2) is 0 Å². The van der Waals surface area contributed by atoms with Gasteiger partial charge in [-0.05, 0) is 24.7 Å². The van der Waals surface area contributed by atoms with E-state index in [-0.39, 0.29) is 17.9 Å². The van der Waals surface area contributed by atoms with Crippen LogP contribution in [0, 0.1) is 11.8 Å². The number of amides is 1. The molecule has 2 N–H and O–H groups in total. The maximum atomic E-state index is 12.0. The smallest absolute Gasteiger partial charge is 0.239 e. The summed E-state index contributed by atoms with van der Waals surface area (Å²) in [6.07, 6.45) is 2.06. The maximum absolute atomic E-state index is 12.0. The van der Waals surface area contributed by atoms with E-state index >= 15 is 0 Å². The van der Waals surface area contributed by atoms with Crippen LogP contribution in [-0.2, 0) is 9.53 Å². The fourth-order valence-electron chi connectivity index (χ4n) is 2.05. The van der Waals surface area contributed by atoms with Crippen LogP contribution in [0.5, 0.6) is 0 Å². The van der Waals surface area contributed by atoms with Crippen molar-refractivity contribution in [2.45, 2.75) is 32.7 Å². The van der Waals surface area contributed by atoms with Crippen molar-refractivity contribution in [3.63, 3.8) is 0 Å². The summed E-state index contributed by atoms with van der Waals surface area (Å²) < 4.78 is 5.13. The highest BCUT2D eigenvalue weighted by atomic mass is 16.5. The van der Waals surface area contributed by atoms with Gasteiger partial charge in [0.25, 0.3) is 0 Å². The van der Waals surface area contributed by atoms with Gasteiger partial charge in [0.15, 0.2) is 0 Å². The number of hydrogen-bond donors (Lipinski definition) is 1. The monoisotopic (exact) mass is 228 g/mol. The van der Waals surface area contributed by atoms with Crippen LogP contribution >= 0.6 is 0 Å². The Morgan fingerprint density at radius 2 is 2.00 bits per heavy atom. The largest absolute Gasteiger partial charge is 0.384 e. The molecule has 1 amide bonds. The summed E-state index contributed by atoms with van der Waals surface area (Å²) in [6, 6.07) is -0.348. The molecule has 0 saturated carbocycles. The Morgan fingerprint density at radius 3 is 2.44 bits per heavy atom. The number of rotatable bonds is 4. The molecule has 0 aromatic heterocycles. The third-order valence-electron chi connectivity index (χ3n) is 3.33. The fourth-order valence-corrected chi connectivity index (χ4v) is 2.05. The summed E-state index contributed by atoms with van der Waals surface area (Å²) >= 11 is 0. The maximum Gasteiger partial charge on any atom is 0.239 e. The van der Waals surface area contributed by atoms with Gasteiger partial charge >= 0.3 is 0 Å². The van der Waals surface area contributed by atoms with Crippen LogP contribution in [0.3, 0.4) is 0 Å². The number of piperidine rings is 1. The van der Waals surface area contributed by atoms with E-state index in [9.17, 15) is 4.79 Å². The molecule has 4 heteroatoms. The minimum absolute atomic E-state index is 0.103. The molecule has 4 nitrogen and oxygen atoms in total. The normalized spacial score (nSPS) is 20.2. The molecule has 1 heterocycles. The Hall–Kier alpha value is -0.610. The van der Waals surface area contributed by atoms with Gasteiger partial charge in [-0.15, -0.1) is 0 Å². The van der Waals surface area contributed by atoms with E-state index in [2.05, 4.69) is 0 Å². The topological polar surface area (TPSA) is 55.6 Å². The Bertz CT molecular complexity index is 223. The quantitative estimate of drug-likeness (QED) is 0.776. The van der Waals surface area contributed by atoms with Crippen LogP contribution in [0.1, 0.15) is 26.7 Å². The third kappa shape index (κ3) is 3.46. The van der Waals surface area contributed by atoms with Gasteiger partial charge in [0.05, 0.1) is 6.04 Å². The first-order valence-electron chi connectivity index (χ1n) is 6.09. The third-order valence-corrected chi connectivity index (χ3v) is 3.33. The lowest BCUT2D eigenvalue weighted by Crippen LogP contribution is -2.49. The van der Waals surface area contributed by atoms with E-state index in [4.69, 9.17) is 10.5 Å². The molecule has 0 radical (unpaired) electrons. The van der Waals surface area contributed by atoms with E-state index < -0.39 is 0 Å². The summed E-state index contributed by atoms with van der Waals surface area (Å²) in [4.78, 5) is 13.9. The fraction of sp³-hybridized carbons (Fsp3) is 0.917. The van der Waals surface area contributed by atoms with E-state index in [1.54, 1.807) is 7.11 Å². The molecule has 0 aromatic rings. The van der Waals surface area contributed by atoms with Gasteiger partial charge in [-0.3, -0.25) is 4.79 Å². The number of nitrogens with two attached hydrogens (primary N) is 1. The van der Waals surface area contributed by atoms with Gasteiger partial charge in [-0.1, -0.05) is 13.8 Å². The molecule has 0 aromatic carbocycles. The summed E-state index contributed by atoms with van der Waals surface area (Å²) in [5, 5.41) is 0. The van der Waals surface area contributed by atoms with Gasteiger partial charge in [0.1, 0.15) is 0 Å². The average Bonchev–Trinajstić information content (AvgIpc) is 2.28. The molecule has 0 aliphatic carbocycles.